The first-order valence-electron chi connectivity index (χ1n) is 4.59. The summed E-state index contributed by atoms with van der Waals surface area (Å²) in [6, 6.07) is 8.58. The molecule has 1 heteroatoms. The van der Waals surface area contributed by atoms with Crippen molar-refractivity contribution in [3.8, 4) is 0 Å². The highest BCUT2D eigenvalue weighted by molar-refractivity contribution is 5.29. The third-order valence-corrected chi connectivity index (χ3v) is 2.06. The van der Waals surface area contributed by atoms with Crippen LogP contribution < -0.4 is 5.73 Å². The van der Waals surface area contributed by atoms with Crippen LogP contribution in [0, 0.1) is 0 Å². The first kappa shape index (κ1) is 9.27. The van der Waals surface area contributed by atoms with Gasteiger partial charge in [0.1, 0.15) is 0 Å². The van der Waals surface area contributed by atoms with Crippen LogP contribution in [-0.2, 0) is 6.42 Å². The van der Waals surface area contributed by atoms with E-state index in [4.69, 9.17) is 5.73 Å². The van der Waals surface area contributed by atoms with E-state index in [1.54, 1.807) is 0 Å². The Kier molecular flexibility index (Phi) is 3.30. The largest absolute Gasteiger partial charge is 0.324 e. The van der Waals surface area contributed by atoms with Crippen LogP contribution in [0.15, 0.2) is 24.3 Å². The Morgan fingerprint density at radius 2 is 2.00 bits per heavy atom. The molecule has 0 radical (unpaired) electrons. The van der Waals surface area contributed by atoms with E-state index in [1.165, 1.54) is 17.5 Å². The molecular formula is C11H17N. The first-order valence-corrected chi connectivity index (χ1v) is 4.59. The molecule has 0 bridgehead atoms. The fraction of sp³-hybridized carbons (Fsp3) is 0.455. The Morgan fingerprint density at radius 3 is 2.58 bits per heavy atom. The van der Waals surface area contributed by atoms with E-state index in [2.05, 4.69) is 31.2 Å². The van der Waals surface area contributed by atoms with Gasteiger partial charge in [-0.25, -0.2) is 0 Å². The summed E-state index contributed by atoms with van der Waals surface area (Å²) in [5, 5.41) is 0. The van der Waals surface area contributed by atoms with Gasteiger partial charge in [-0.05, 0) is 24.5 Å². The minimum Gasteiger partial charge on any atom is -0.324 e. The van der Waals surface area contributed by atoms with Gasteiger partial charge in [0.25, 0.3) is 0 Å². The number of aryl methyl sites for hydroxylation is 1. The number of hydrogen-bond donors (Lipinski definition) is 1. The summed E-state index contributed by atoms with van der Waals surface area (Å²) in [6.45, 7) is 4.23. The lowest BCUT2D eigenvalue weighted by Crippen LogP contribution is -2.07. The molecule has 0 aliphatic carbocycles. The van der Waals surface area contributed by atoms with Crippen molar-refractivity contribution in [1.82, 2.24) is 0 Å². The van der Waals surface area contributed by atoms with Crippen molar-refractivity contribution in [3.63, 3.8) is 0 Å². The Hall–Kier alpha value is -0.820. The van der Waals surface area contributed by atoms with Gasteiger partial charge in [0.15, 0.2) is 0 Å². The lowest BCUT2D eigenvalue weighted by Gasteiger charge is -2.11. The van der Waals surface area contributed by atoms with Crippen molar-refractivity contribution >= 4 is 0 Å². The third-order valence-electron chi connectivity index (χ3n) is 2.06. The molecule has 0 heterocycles. The summed E-state index contributed by atoms with van der Waals surface area (Å²) < 4.78 is 0. The lowest BCUT2D eigenvalue weighted by molar-refractivity contribution is 0.787. The maximum Gasteiger partial charge on any atom is 0.0268 e. The molecule has 0 amide bonds. The van der Waals surface area contributed by atoms with Gasteiger partial charge in [-0.2, -0.15) is 0 Å². The van der Waals surface area contributed by atoms with E-state index in [-0.39, 0.29) is 6.04 Å². The predicted molar refractivity (Wildman–Crippen MR) is 53.0 cm³/mol. The van der Waals surface area contributed by atoms with Crippen LogP contribution in [0.5, 0.6) is 0 Å². The van der Waals surface area contributed by atoms with Crippen molar-refractivity contribution < 1.29 is 0 Å². The second-order valence-corrected chi connectivity index (χ2v) is 3.24. The van der Waals surface area contributed by atoms with E-state index in [9.17, 15) is 0 Å². The standard InChI is InChI=1S/C11H17N/c1-3-6-10-7-4-5-8-11(10)9(2)12/h4-5,7-9H,3,6,12H2,1-2H3/t9-/m1/s1. The maximum atomic E-state index is 5.84. The van der Waals surface area contributed by atoms with Gasteiger partial charge in [-0.3, -0.25) is 0 Å². The maximum absolute atomic E-state index is 5.84. The smallest absolute Gasteiger partial charge is 0.0268 e. The summed E-state index contributed by atoms with van der Waals surface area (Å²) in [5.41, 5.74) is 8.53. The summed E-state index contributed by atoms with van der Waals surface area (Å²) >= 11 is 0. The fourth-order valence-electron chi connectivity index (χ4n) is 1.48. The fourth-order valence-corrected chi connectivity index (χ4v) is 1.48. The van der Waals surface area contributed by atoms with E-state index in [0.29, 0.717) is 0 Å². The quantitative estimate of drug-likeness (QED) is 0.728. The van der Waals surface area contributed by atoms with Crippen LogP contribution in [0.1, 0.15) is 37.4 Å². The molecule has 0 saturated carbocycles. The molecule has 1 aromatic carbocycles. The van der Waals surface area contributed by atoms with Gasteiger partial charge in [0.2, 0.25) is 0 Å². The average Bonchev–Trinajstić information content (AvgIpc) is 2.05. The predicted octanol–water partition coefficient (Wildman–Crippen LogP) is 2.66. The van der Waals surface area contributed by atoms with Crippen LogP contribution in [0.4, 0.5) is 0 Å². The number of nitrogens with two attached hydrogens (primary N) is 1. The molecule has 0 aliphatic heterocycles. The first-order chi connectivity index (χ1) is 5.75. The number of benzene rings is 1. The van der Waals surface area contributed by atoms with Crippen molar-refractivity contribution in [3.05, 3.63) is 35.4 Å². The minimum absolute atomic E-state index is 0.160. The van der Waals surface area contributed by atoms with Crippen molar-refractivity contribution in [2.24, 2.45) is 5.73 Å². The van der Waals surface area contributed by atoms with E-state index < -0.39 is 0 Å². The normalized spacial score (nSPS) is 12.9. The topological polar surface area (TPSA) is 26.0 Å². The highest BCUT2D eigenvalue weighted by atomic mass is 14.6. The van der Waals surface area contributed by atoms with Gasteiger partial charge in [-0.1, -0.05) is 37.6 Å². The van der Waals surface area contributed by atoms with E-state index in [1.807, 2.05) is 6.92 Å². The van der Waals surface area contributed by atoms with Gasteiger partial charge in [0, 0.05) is 6.04 Å². The van der Waals surface area contributed by atoms with Crippen LogP contribution >= 0.6 is 0 Å². The van der Waals surface area contributed by atoms with Crippen molar-refractivity contribution in [2.45, 2.75) is 32.7 Å². The molecule has 1 nitrogen and oxygen atoms in total. The van der Waals surface area contributed by atoms with Crippen LogP contribution in [0.25, 0.3) is 0 Å². The molecule has 0 unspecified atom stereocenters. The number of rotatable bonds is 3. The molecular weight excluding hydrogens is 146 g/mol. The zero-order valence-electron chi connectivity index (χ0n) is 7.88. The van der Waals surface area contributed by atoms with Gasteiger partial charge >= 0.3 is 0 Å². The monoisotopic (exact) mass is 163 g/mol. The zero-order chi connectivity index (χ0) is 8.97. The average molecular weight is 163 g/mol. The van der Waals surface area contributed by atoms with Crippen LogP contribution in [-0.4, -0.2) is 0 Å². The van der Waals surface area contributed by atoms with E-state index in [0.717, 1.165) is 6.42 Å². The van der Waals surface area contributed by atoms with Gasteiger partial charge < -0.3 is 5.73 Å². The van der Waals surface area contributed by atoms with Crippen molar-refractivity contribution in [2.75, 3.05) is 0 Å². The molecule has 2 N–H and O–H groups in total. The van der Waals surface area contributed by atoms with Crippen LogP contribution in [0.2, 0.25) is 0 Å². The van der Waals surface area contributed by atoms with E-state index >= 15 is 0 Å². The molecule has 1 atom stereocenters. The molecule has 1 rings (SSSR count). The molecule has 12 heavy (non-hydrogen) atoms. The molecule has 0 spiro atoms. The lowest BCUT2D eigenvalue weighted by atomic mass is 9.99. The SMILES string of the molecule is CCCc1ccccc1[C@@H](C)N. The Morgan fingerprint density at radius 1 is 1.33 bits per heavy atom. The Balaban J connectivity index is 2.92. The summed E-state index contributed by atoms with van der Waals surface area (Å²) in [5.74, 6) is 0. The van der Waals surface area contributed by atoms with Gasteiger partial charge in [0.05, 0.1) is 0 Å². The second-order valence-electron chi connectivity index (χ2n) is 3.24. The summed E-state index contributed by atoms with van der Waals surface area (Å²) in [4.78, 5) is 0. The van der Waals surface area contributed by atoms with Gasteiger partial charge in [-0.15, -0.1) is 0 Å². The van der Waals surface area contributed by atoms with Crippen LogP contribution in [0.3, 0.4) is 0 Å². The molecule has 0 saturated heterocycles. The molecule has 0 aliphatic rings. The minimum atomic E-state index is 0.160. The molecule has 1 aromatic rings. The highest BCUT2D eigenvalue weighted by Crippen LogP contribution is 2.16. The molecule has 0 aromatic heterocycles. The molecule has 0 fully saturated rings. The zero-order valence-corrected chi connectivity index (χ0v) is 7.88. The Labute approximate surface area is 74.6 Å². The van der Waals surface area contributed by atoms with Crippen molar-refractivity contribution in [1.29, 1.82) is 0 Å². The molecule has 66 valence electrons. The summed E-state index contributed by atoms with van der Waals surface area (Å²) in [7, 11) is 0. The second kappa shape index (κ2) is 4.27. The summed E-state index contributed by atoms with van der Waals surface area (Å²) in [6.07, 6.45) is 2.32. The third kappa shape index (κ3) is 2.08. The Bertz CT molecular complexity index is 241. The number of hydrogen-bond acceptors (Lipinski definition) is 1. The highest BCUT2D eigenvalue weighted by Gasteiger charge is 2.03.